The lowest BCUT2D eigenvalue weighted by Gasteiger charge is -2.35. The van der Waals surface area contributed by atoms with Gasteiger partial charge in [-0.1, -0.05) is 0 Å². The molecule has 1 aromatic heterocycles. The van der Waals surface area contributed by atoms with Crippen LogP contribution in [0.5, 0.6) is 5.75 Å². The first-order valence-corrected chi connectivity index (χ1v) is 9.54. The number of hydrogen-bond acceptors (Lipinski definition) is 7. The number of ether oxygens (including phenoxy) is 2. The minimum Gasteiger partial charge on any atom is -0.496 e. The molecular weight excluding hydrogens is 417 g/mol. The van der Waals surface area contributed by atoms with Gasteiger partial charge in [-0.2, -0.15) is 15.0 Å². The summed E-state index contributed by atoms with van der Waals surface area (Å²) >= 11 is 0. The summed E-state index contributed by atoms with van der Waals surface area (Å²) in [6, 6.07) is 3.61. The van der Waals surface area contributed by atoms with E-state index in [0.717, 1.165) is 11.3 Å². The number of aromatic nitrogens is 3. The molecule has 0 atom stereocenters. The number of anilines is 1. The Kier molecular flexibility index (Phi) is 6.78. The zero-order chi connectivity index (χ0) is 22.6. The van der Waals surface area contributed by atoms with Crippen LogP contribution in [0.4, 0.5) is 18.9 Å². The Morgan fingerprint density at radius 3 is 2.61 bits per heavy atom. The summed E-state index contributed by atoms with van der Waals surface area (Å²) in [6.07, 6.45) is -2.18. The summed E-state index contributed by atoms with van der Waals surface area (Å²) < 4.78 is 47.0. The van der Waals surface area contributed by atoms with Crippen LogP contribution < -0.4 is 15.1 Å². The van der Waals surface area contributed by atoms with Gasteiger partial charge in [0.25, 0.3) is 5.91 Å². The molecule has 31 heavy (non-hydrogen) atoms. The second-order valence-electron chi connectivity index (χ2n) is 7.04. The summed E-state index contributed by atoms with van der Waals surface area (Å²) in [7, 11) is 3.13. The maximum atomic E-state index is 12.5. The van der Waals surface area contributed by atoms with Crippen LogP contribution in [-0.4, -0.2) is 59.8 Å². The van der Waals surface area contributed by atoms with Gasteiger partial charge in [0.2, 0.25) is 0 Å². The normalized spacial score (nSPS) is 15.5. The van der Waals surface area contributed by atoms with E-state index < -0.39 is 18.4 Å². The van der Waals surface area contributed by atoms with E-state index in [1.54, 1.807) is 13.1 Å². The molecule has 0 spiro atoms. The van der Waals surface area contributed by atoms with Crippen LogP contribution in [0.1, 0.15) is 34.5 Å². The summed E-state index contributed by atoms with van der Waals surface area (Å²) in [4.78, 5) is 15.3. The number of aryl methyl sites for hydroxylation is 1. The van der Waals surface area contributed by atoms with Crippen molar-refractivity contribution in [3.8, 4) is 5.75 Å². The highest BCUT2D eigenvalue weighted by Gasteiger charge is 2.35. The molecule has 3 rings (SSSR count). The largest absolute Gasteiger partial charge is 0.522 e. The van der Waals surface area contributed by atoms with Crippen molar-refractivity contribution < 1.29 is 27.4 Å². The van der Waals surface area contributed by atoms with Crippen molar-refractivity contribution in [1.29, 1.82) is 0 Å². The molecule has 1 saturated heterocycles. The summed E-state index contributed by atoms with van der Waals surface area (Å²) in [5, 5.41) is 11.7. The molecule has 0 aliphatic carbocycles. The number of nitrogens with zero attached hydrogens (tertiary/aromatic N) is 5. The summed E-state index contributed by atoms with van der Waals surface area (Å²) in [5.41, 5.74) is 4.85. The van der Waals surface area contributed by atoms with Gasteiger partial charge in [-0.15, -0.1) is 18.3 Å². The van der Waals surface area contributed by atoms with Crippen molar-refractivity contribution >= 4 is 17.8 Å². The number of benzene rings is 1. The lowest BCUT2D eigenvalue weighted by molar-refractivity contribution is -0.344. The molecule has 1 amide bonds. The third kappa shape index (κ3) is 5.94. The Morgan fingerprint density at radius 2 is 2.03 bits per heavy atom. The van der Waals surface area contributed by atoms with Crippen LogP contribution in [0.2, 0.25) is 0 Å². The number of hydrazone groups is 1. The molecule has 1 aliphatic heterocycles. The standard InChI is InChI=1S/C19H23F3N6O3/c1-12-16(28-6-4-14(5-7-28)31-19(20,21)22)8-13(9-17(12)30-3)10-23-25-18(29)15-11-24-27(2)26-15/h8-11,14H,4-7H2,1-3H3,(H,25,29)/b23-10+. The first kappa shape index (κ1) is 22.5. The van der Waals surface area contributed by atoms with Crippen LogP contribution in [0, 0.1) is 6.92 Å². The van der Waals surface area contributed by atoms with E-state index in [0.29, 0.717) is 24.4 Å². The second-order valence-corrected chi connectivity index (χ2v) is 7.04. The predicted octanol–water partition coefficient (Wildman–Crippen LogP) is 2.40. The minimum atomic E-state index is -4.63. The number of piperidine rings is 1. The Balaban J connectivity index is 1.70. The van der Waals surface area contributed by atoms with Gasteiger partial charge < -0.3 is 9.64 Å². The molecule has 168 valence electrons. The van der Waals surface area contributed by atoms with Crippen molar-refractivity contribution in [1.82, 2.24) is 20.4 Å². The molecule has 0 saturated carbocycles. The smallest absolute Gasteiger partial charge is 0.496 e. The quantitative estimate of drug-likeness (QED) is 0.548. The Bertz CT molecular complexity index is 952. The predicted molar refractivity (Wildman–Crippen MR) is 106 cm³/mol. The number of alkyl halides is 3. The first-order chi connectivity index (χ1) is 14.7. The number of hydrogen-bond donors (Lipinski definition) is 1. The number of methoxy groups -OCH3 is 1. The number of carbonyl (C=O) groups excluding carboxylic acids is 1. The van der Waals surface area contributed by atoms with E-state index in [1.807, 2.05) is 17.9 Å². The number of halogens is 3. The van der Waals surface area contributed by atoms with E-state index >= 15 is 0 Å². The van der Waals surface area contributed by atoms with Gasteiger partial charge in [-0.05, 0) is 31.9 Å². The second kappa shape index (κ2) is 9.33. The molecule has 1 N–H and O–H groups in total. The molecule has 0 unspecified atom stereocenters. The molecule has 2 aromatic rings. The van der Waals surface area contributed by atoms with E-state index in [2.05, 4.69) is 25.5 Å². The molecule has 1 fully saturated rings. The Labute approximate surface area is 176 Å². The van der Waals surface area contributed by atoms with Gasteiger partial charge in [-0.25, -0.2) is 5.43 Å². The average molecular weight is 440 g/mol. The highest BCUT2D eigenvalue weighted by atomic mass is 19.4. The molecule has 1 aromatic carbocycles. The zero-order valence-electron chi connectivity index (χ0n) is 17.3. The fraction of sp³-hybridized carbons (Fsp3) is 0.474. The molecule has 9 nitrogen and oxygen atoms in total. The number of rotatable bonds is 6. The van der Waals surface area contributed by atoms with Crippen molar-refractivity contribution in [2.75, 3.05) is 25.1 Å². The van der Waals surface area contributed by atoms with Crippen LogP contribution in [0.15, 0.2) is 23.4 Å². The lowest BCUT2D eigenvalue weighted by Crippen LogP contribution is -2.39. The SMILES string of the molecule is COc1cc(/C=N/NC(=O)c2cnn(C)n2)cc(N2CCC(OC(F)(F)F)CC2)c1C. The zero-order valence-corrected chi connectivity index (χ0v) is 17.3. The van der Waals surface area contributed by atoms with Gasteiger partial charge in [-0.3, -0.25) is 9.53 Å². The maximum Gasteiger partial charge on any atom is 0.522 e. The Morgan fingerprint density at radius 1 is 1.32 bits per heavy atom. The molecule has 2 heterocycles. The highest BCUT2D eigenvalue weighted by Crippen LogP contribution is 2.33. The van der Waals surface area contributed by atoms with Crippen molar-refractivity contribution in [2.45, 2.75) is 32.2 Å². The molecule has 12 heteroatoms. The average Bonchev–Trinajstić information content (AvgIpc) is 3.15. The highest BCUT2D eigenvalue weighted by molar-refractivity contribution is 5.93. The fourth-order valence-electron chi connectivity index (χ4n) is 3.38. The van der Waals surface area contributed by atoms with Crippen LogP contribution in [0.3, 0.4) is 0 Å². The number of nitrogens with one attached hydrogen (secondary N) is 1. The maximum absolute atomic E-state index is 12.5. The monoisotopic (exact) mass is 440 g/mol. The van der Waals surface area contributed by atoms with Gasteiger partial charge >= 0.3 is 6.36 Å². The van der Waals surface area contributed by atoms with E-state index in [4.69, 9.17) is 4.74 Å². The molecular formula is C19H23F3N6O3. The summed E-state index contributed by atoms with van der Waals surface area (Å²) in [5.74, 6) is 0.100. The molecule has 0 radical (unpaired) electrons. The summed E-state index contributed by atoms with van der Waals surface area (Å²) in [6.45, 7) is 2.70. The topological polar surface area (TPSA) is 93.9 Å². The Hall–Kier alpha value is -3.15. The minimum absolute atomic E-state index is 0.130. The third-order valence-corrected chi connectivity index (χ3v) is 4.87. The third-order valence-electron chi connectivity index (χ3n) is 4.87. The van der Waals surface area contributed by atoms with E-state index in [9.17, 15) is 18.0 Å². The van der Waals surface area contributed by atoms with E-state index in [-0.39, 0.29) is 18.5 Å². The first-order valence-electron chi connectivity index (χ1n) is 9.54. The van der Waals surface area contributed by atoms with Gasteiger partial charge in [0.15, 0.2) is 5.69 Å². The number of amides is 1. The fourth-order valence-corrected chi connectivity index (χ4v) is 3.38. The molecule has 0 bridgehead atoms. The van der Waals surface area contributed by atoms with Crippen molar-refractivity contribution in [2.24, 2.45) is 12.1 Å². The van der Waals surface area contributed by atoms with Crippen LogP contribution in [-0.2, 0) is 11.8 Å². The van der Waals surface area contributed by atoms with Gasteiger partial charge in [0.05, 0.1) is 25.6 Å². The number of carbonyl (C=O) groups is 1. The van der Waals surface area contributed by atoms with Crippen molar-refractivity contribution in [3.63, 3.8) is 0 Å². The lowest BCUT2D eigenvalue weighted by atomic mass is 10.0. The molecule has 1 aliphatic rings. The van der Waals surface area contributed by atoms with Gasteiger partial charge in [0, 0.05) is 37.0 Å². The van der Waals surface area contributed by atoms with Gasteiger partial charge in [0.1, 0.15) is 5.75 Å². The van der Waals surface area contributed by atoms with Crippen LogP contribution >= 0.6 is 0 Å². The van der Waals surface area contributed by atoms with Crippen molar-refractivity contribution in [3.05, 3.63) is 35.2 Å². The van der Waals surface area contributed by atoms with Crippen LogP contribution in [0.25, 0.3) is 0 Å². The van der Waals surface area contributed by atoms with E-state index in [1.165, 1.54) is 24.3 Å².